The molecule has 0 aromatic heterocycles. The van der Waals surface area contributed by atoms with Crippen LogP contribution in [0.15, 0.2) is 48.5 Å². The molecule has 5 rings (SSSR count). The van der Waals surface area contributed by atoms with Crippen LogP contribution in [0.2, 0.25) is 0 Å². The van der Waals surface area contributed by atoms with Gasteiger partial charge in [-0.25, -0.2) is 4.79 Å². The minimum Gasteiger partial charge on any atom is -0.481 e. The molecule has 2 aromatic carbocycles. The highest BCUT2D eigenvalue weighted by Gasteiger charge is 2.44. The van der Waals surface area contributed by atoms with Crippen molar-refractivity contribution < 1.29 is 24.2 Å². The Morgan fingerprint density at radius 1 is 0.943 bits per heavy atom. The lowest BCUT2D eigenvalue weighted by atomic mass is 9.80. The van der Waals surface area contributed by atoms with Crippen molar-refractivity contribution in [2.24, 2.45) is 11.3 Å². The monoisotopic (exact) mass is 476 g/mol. The van der Waals surface area contributed by atoms with Crippen LogP contribution in [0.25, 0.3) is 11.1 Å². The Labute approximate surface area is 205 Å². The molecule has 0 heterocycles. The number of nitrogens with one attached hydrogen (secondary N) is 2. The summed E-state index contributed by atoms with van der Waals surface area (Å²) >= 11 is 0. The number of alkyl carbamates (subject to hydrolysis) is 1. The second-order valence-corrected chi connectivity index (χ2v) is 10.3. The van der Waals surface area contributed by atoms with Gasteiger partial charge in [-0.2, -0.15) is 0 Å². The summed E-state index contributed by atoms with van der Waals surface area (Å²) in [4.78, 5) is 36.7. The quantitative estimate of drug-likeness (QED) is 0.522. The fourth-order valence-electron chi connectivity index (χ4n) is 5.71. The largest absolute Gasteiger partial charge is 0.481 e. The second kappa shape index (κ2) is 9.72. The molecule has 0 bridgehead atoms. The van der Waals surface area contributed by atoms with E-state index >= 15 is 0 Å². The van der Waals surface area contributed by atoms with Crippen molar-refractivity contribution in [3.05, 3.63) is 59.7 Å². The molecule has 7 heteroatoms. The van der Waals surface area contributed by atoms with E-state index in [4.69, 9.17) is 4.74 Å². The molecule has 3 aliphatic rings. The number of amides is 2. The topological polar surface area (TPSA) is 105 Å². The Balaban J connectivity index is 1.16. The smallest absolute Gasteiger partial charge is 0.407 e. The van der Waals surface area contributed by atoms with Crippen LogP contribution in [-0.2, 0) is 14.3 Å². The summed E-state index contributed by atoms with van der Waals surface area (Å²) in [6.07, 6.45) is 5.97. The first-order valence-electron chi connectivity index (χ1n) is 12.6. The van der Waals surface area contributed by atoms with Crippen molar-refractivity contribution >= 4 is 18.0 Å². The minimum absolute atomic E-state index is 0.102. The van der Waals surface area contributed by atoms with E-state index in [1.807, 2.05) is 36.4 Å². The highest BCUT2D eigenvalue weighted by atomic mass is 16.5. The summed E-state index contributed by atoms with van der Waals surface area (Å²) in [5, 5.41) is 14.6. The lowest BCUT2D eigenvalue weighted by molar-refractivity contribution is -0.139. The maximum Gasteiger partial charge on any atom is 0.407 e. The van der Waals surface area contributed by atoms with Gasteiger partial charge in [-0.15, -0.1) is 0 Å². The molecule has 1 spiro atoms. The first kappa shape index (κ1) is 23.4. The molecule has 0 saturated heterocycles. The Morgan fingerprint density at radius 2 is 1.54 bits per heavy atom. The lowest BCUT2D eigenvalue weighted by Crippen LogP contribution is -2.49. The number of hydrogen-bond acceptors (Lipinski definition) is 4. The third-order valence-electron chi connectivity index (χ3n) is 8.02. The van der Waals surface area contributed by atoms with Crippen LogP contribution in [0.1, 0.15) is 62.0 Å². The van der Waals surface area contributed by atoms with Crippen molar-refractivity contribution in [1.82, 2.24) is 10.6 Å². The van der Waals surface area contributed by atoms with Crippen LogP contribution in [0.5, 0.6) is 0 Å². The summed E-state index contributed by atoms with van der Waals surface area (Å²) in [6, 6.07) is 14.9. The van der Waals surface area contributed by atoms with E-state index in [0.717, 1.165) is 35.1 Å². The molecule has 184 valence electrons. The minimum atomic E-state index is -1.18. The van der Waals surface area contributed by atoms with E-state index in [0.29, 0.717) is 17.9 Å². The van der Waals surface area contributed by atoms with Crippen LogP contribution in [0, 0.1) is 11.3 Å². The third-order valence-corrected chi connectivity index (χ3v) is 8.02. The number of carboxylic acids is 1. The van der Waals surface area contributed by atoms with E-state index in [2.05, 4.69) is 22.8 Å². The van der Waals surface area contributed by atoms with Gasteiger partial charge in [0, 0.05) is 12.5 Å². The molecule has 1 unspecified atom stereocenters. The van der Waals surface area contributed by atoms with Gasteiger partial charge in [0.25, 0.3) is 0 Å². The molecule has 2 saturated carbocycles. The highest BCUT2D eigenvalue weighted by molar-refractivity contribution is 5.89. The number of carbonyl (C=O) groups is 3. The normalized spacial score (nSPS) is 18.9. The number of fused-ring (bicyclic) bond motifs is 3. The Morgan fingerprint density at radius 3 is 2.11 bits per heavy atom. The fraction of sp³-hybridized carbons (Fsp3) is 0.464. The van der Waals surface area contributed by atoms with Gasteiger partial charge in [0.05, 0.1) is 6.42 Å². The number of rotatable bonds is 8. The van der Waals surface area contributed by atoms with Crippen molar-refractivity contribution in [1.29, 1.82) is 0 Å². The van der Waals surface area contributed by atoms with E-state index in [-0.39, 0.29) is 12.5 Å². The second-order valence-electron chi connectivity index (χ2n) is 10.3. The van der Waals surface area contributed by atoms with Crippen molar-refractivity contribution in [3.63, 3.8) is 0 Å². The van der Waals surface area contributed by atoms with Crippen molar-refractivity contribution in [2.45, 2.75) is 56.9 Å². The van der Waals surface area contributed by atoms with Crippen LogP contribution >= 0.6 is 0 Å². The fourth-order valence-corrected chi connectivity index (χ4v) is 5.71. The maximum atomic E-state index is 12.7. The summed E-state index contributed by atoms with van der Waals surface area (Å²) in [7, 11) is 0. The summed E-state index contributed by atoms with van der Waals surface area (Å²) < 4.78 is 5.50. The van der Waals surface area contributed by atoms with Gasteiger partial charge in [0.2, 0.25) is 5.91 Å². The SMILES string of the molecule is O=C(O)CC(NC(=O)OCC1c2ccccc2-c2ccccc21)C(=O)NCC1CCC2(CC1)CC2. The zero-order valence-corrected chi connectivity index (χ0v) is 19.8. The summed E-state index contributed by atoms with van der Waals surface area (Å²) in [6.45, 7) is 0.614. The average molecular weight is 477 g/mol. The summed E-state index contributed by atoms with van der Waals surface area (Å²) in [5.74, 6) is -1.34. The van der Waals surface area contributed by atoms with Gasteiger partial charge in [-0.1, -0.05) is 48.5 Å². The molecule has 1 atom stereocenters. The number of aliphatic carboxylic acids is 1. The first-order chi connectivity index (χ1) is 16.9. The van der Waals surface area contributed by atoms with Gasteiger partial charge >= 0.3 is 12.1 Å². The van der Waals surface area contributed by atoms with Crippen LogP contribution in [0.4, 0.5) is 4.79 Å². The number of carboxylic acid groups (broad SMARTS) is 1. The lowest BCUT2D eigenvalue weighted by Gasteiger charge is -2.29. The molecular formula is C28H32N2O5. The van der Waals surface area contributed by atoms with Crippen molar-refractivity contribution in [2.75, 3.05) is 13.2 Å². The predicted octanol–water partition coefficient (Wildman–Crippen LogP) is 4.46. The highest BCUT2D eigenvalue weighted by Crippen LogP contribution is 2.57. The average Bonchev–Trinajstić information content (AvgIpc) is 3.54. The Hall–Kier alpha value is -3.35. The van der Waals surface area contributed by atoms with Crippen LogP contribution in [-0.4, -0.2) is 42.3 Å². The molecule has 2 amide bonds. The maximum absolute atomic E-state index is 12.7. The molecule has 3 N–H and O–H groups in total. The predicted molar refractivity (Wildman–Crippen MR) is 131 cm³/mol. The molecule has 0 aliphatic heterocycles. The zero-order valence-electron chi connectivity index (χ0n) is 19.8. The van der Waals surface area contributed by atoms with E-state index in [9.17, 15) is 19.5 Å². The molecule has 3 aliphatic carbocycles. The number of carbonyl (C=O) groups excluding carboxylic acids is 2. The Kier molecular flexibility index (Phi) is 6.50. The van der Waals surface area contributed by atoms with Gasteiger partial charge in [0.15, 0.2) is 0 Å². The number of ether oxygens (including phenoxy) is 1. The molecule has 35 heavy (non-hydrogen) atoms. The van der Waals surface area contributed by atoms with Crippen LogP contribution < -0.4 is 10.6 Å². The zero-order chi connectivity index (χ0) is 24.4. The first-order valence-corrected chi connectivity index (χ1v) is 12.6. The Bertz CT molecular complexity index is 1070. The molecular weight excluding hydrogens is 444 g/mol. The number of hydrogen-bond donors (Lipinski definition) is 3. The van der Waals surface area contributed by atoms with E-state index < -0.39 is 30.4 Å². The van der Waals surface area contributed by atoms with Gasteiger partial charge in [-0.05, 0) is 72.1 Å². The van der Waals surface area contributed by atoms with Gasteiger partial charge in [0.1, 0.15) is 12.6 Å². The number of benzene rings is 2. The third kappa shape index (κ3) is 5.19. The van der Waals surface area contributed by atoms with Crippen molar-refractivity contribution in [3.8, 4) is 11.1 Å². The molecule has 0 radical (unpaired) electrons. The molecule has 2 aromatic rings. The van der Waals surface area contributed by atoms with E-state index in [1.54, 1.807) is 0 Å². The van der Waals surface area contributed by atoms with Gasteiger partial charge < -0.3 is 20.5 Å². The van der Waals surface area contributed by atoms with Crippen LogP contribution in [0.3, 0.4) is 0 Å². The molecule has 7 nitrogen and oxygen atoms in total. The summed E-state index contributed by atoms with van der Waals surface area (Å²) in [5.41, 5.74) is 4.99. The standard InChI is InChI=1S/C28H32N2O5/c31-25(32)15-24(26(33)29-16-18-9-11-28(12-10-18)13-14-28)30-27(34)35-17-23-21-7-3-1-5-19(21)20-6-2-4-8-22(20)23/h1-8,18,23-24H,9-17H2,(H,29,33)(H,30,34)(H,31,32). The van der Waals surface area contributed by atoms with E-state index in [1.165, 1.54) is 25.7 Å². The molecule has 2 fully saturated rings. The van der Waals surface area contributed by atoms with Gasteiger partial charge in [-0.3, -0.25) is 9.59 Å².